The summed E-state index contributed by atoms with van der Waals surface area (Å²) >= 11 is 0. The van der Waals surface area contributed by atoms with Gasteiger partial charge in [0, 0.05) is 13.0 Å². The van der Waals surface area contributed by atoms with Crippen LogP contribution in [0.4, 0.5) is 0 Å². The SMILES string of the molecule is C=C(C=C(OC)C(OC)=C(C)OC)C(C(=O)N1CCCCC1C(=O)OCCOC1=CC=C(OC)C(OC)=CC1)C(C)CCCC. The van der Waals surface area contributed by atoms with Crippen LogP contribution >= 0.6 is 0 Å². The monoisotopic (exact) mass is 631 g/mol. The van der Waals surface area contributed by atoms with E-state index in [1.54, 1.807) is 45.3 Å². The summed E-state index contributed by atoms with van der Waals surface area (Å²) in [4.78, 5) is 29.3. The molecular weight excluding hydrogens is 578 g/mol. The molecule has 10 nitrogen and oxygen atoms in total. The first kappa shape index (κ1) is 37.4. The Hall–Kier alpha value is -3.82. The molecule has 1 amide bonds. The van der Waals surface area contributed by atoms with E-state index in [-0.39, 0.29) is 25.0 Å². The zero-order chi connectivity index (χ0) is 33.4. The molecule has 0 N–H and O–H groups in total. The minimum atomic E-state index is -0.674. The maximum atomic E-state index is 14.3. The highest BCUT2D eigenvalue weighted by atomic mass is 16.6. The van der Waals surface area contributed by atoms with E-state index in [1.165, 1.54) is 14.2 Å². The van der Waals surface area contributed by atoms with E-state index < -0.39 is 17.9 Å². The Balaban J connectivity index is 2.19. The van der Waals surface area contributed by atoms with Crippen LogP contribution in [0.2, 0.25) is 0 Å². The van der Waals surface area contributed by atoms with E-state index in [1.807, 2.05) is 12.2 Å². The molecule has 0 saturated carbocycles. The lowest BCUT2D eigenvalue weighted by Gasteiger charge is -2.38. The van der Waals surface area contributed by atoms with Crippen molar-refractivity contribution < 1.29 is 42.7 Å². The number of carbonyl (C=O) groups is 2. The van der Waals surface area contributed by atoms with Crippen LogP contribution in [0.5, 0.6) is 0 Å². The van der Waals surface area contributed by atoms with Gasteiger partial charge in [0.1, 0.15) is 30.8 Å². The topological polar surface area (TPSA) is 102 Å². The van der Waals surface area contributed by atoms with Gasteiger partial charge in [0.25, 0.3) is 0 Å². The molecular formula is C35H53NO9. The molecule has 1 saturated heterocycles. The van der Waals surface area contributed by atoms with Gasteiger partial charge in [0.2, 0.25) is 5.91 Å². The first-order valence-corrected chi connectivity index (χ1v) is 15.7. The van der Waals surface area contributed by atoms with Gasteiger partial charge in [-0.05, 0) is 68.4 Å². The van der Waals surface area contributed by atoms with E-state index in [4.69, 9.17) is 33.2 Å². The minimum Gasteiger partial charge on any atom is -0.497 e. The lowest BCUT2D eigenvalue weighted by molar-refractivity contribution is -0.159. The van der Waals surface area contributed by atoms with Crippen molar-refractivity contribution in [3.05, 3.63) is 71.0 Å². The quantitative estimate of drug-likeness (QED) is 0.0743. The summed E-state index contributed by atoms with van der Waals surface area (Å²) < 4.78 is 38.7. The summed E-state index contributed by atoms with van der Waals surface area (Å²) in [5, 5.41) is 0. The maximum absolute atomic E-state index is 14.3. The largest absolute Gasteiger partial charge is 0.497 e. The van der Waals surface area contributed by atoms with Crippen molar-refractivity contribution in [1.29, 1.82) is 0 Å². The van der Waals surface area contributed by atoms with Gasteiger partial charge < -0.3 is 38.1 Å². The van der Waals surface area contributed by atoms with Crippen molar-refractivity contribution in [1.82, 2.24) is 4.90 Å². The average Bonchev–Trinajstić information content (AvgIpc) is 3.26. The van der Waals surface area contributed by atoms with Gasteiger partial charge in [0.05, 0.1) is 41.5 Å². The molecule has 3 atom stereocenters. The summed E-state index contributed by atoms with van der Waals surface area (Å²) in [6.07, 6.45) is 12.7. The second-order valence-corrected chi connectivity index (χ2v) is 11.1. The van der Waals surface area contributed by atoms with Crippen molar-refractivity contribution in [2.24, 2.45) is 11.8 Å². The van der Waals surface area contributed by atoms with Crippen molar-refractivity contribution >= 4 is 11.9 Å². The van der Waals surface area contributed by atoms with Crippen LogP contribution in [0.1, 0.15) is 65.7 Å². The van der Waals surface area contributed by atoms with Crippen molar-refractivity contribution in [2.45, 2.75) is 71.8 Å². The van der Waals surface area contributed by atoms with Crippen LogP contribution in [0, 0.1) is 11.8 Å². The molecule has 0 spiro atoms. The molecule has 45 heavy (non-hydrogen) atoms. The second-order valence-electron chi connectivity index (χ2n) is 11.1. The summed E-state index contributed by atoms with van der Waals surface area (Å²) in [5.74, 6) is 2.14. The molecule has 10 heteroatoms. The number of hydrogen-bond donors (Lipinski definition) is 0. The van der Waals surface area contributed by atoms with Crippen LogP contribution in [-0.2, 0) is 42.7 Å². The van der Waals surface area contributed by atoms with E-state index in [9.17, 15) is 9.59 Å². The van der Waals surface area contributed by atoms with E-state index in [0.717, 1.165) is 32.1 Å². The number of carbonyl (C=O) groups excluding carboxylic acids is 2. The fourth-order valence-corrected chi connectivity index (χ4v) is 5.55. The number of nitrogens with zero attached hydrogens (tertiary/aromatic N) is 1. The molecule has 0 radical (unpaired) electrons. The Morgan fingerprint density at radius 2 is 1.76 bits per heavy atom. The highest BCUT2D eigenvalue weighted by Gasteiger charge is 2.39. The first-order chi connectivity index (χ1) is 21.7. The molecule has 0 aromatic rings. The lowest BCUT2D eigenvalue weighted by atomic mass is 9.82. The van der Waals surface area contributed by atoms with Crippen LogP contribution in [0.15, 0.2) is 71.0 Å². The summed E-state index contributed by atoms with van der Waals surface area (Å²) in [5.41, 5.74) is 0.582. The number of unbranched alkanes of at least 4 members (excludes halogenated alkanes) is 1. The first-order valence-electron chi connectivity index (χ1n) is 15.7. The fraction of sp³-hybridized carbons (Fsp3) is 0.600. The third-order valence-electron chi connectivity index (χ3n) is 8.10. The Labute approximate surface area is 269 Å². The molecule has 1 fully saturated rings. The normalized spacial score (nSPS) is 18.9. The molecule has 1 aliphatic heterocycles. The molecule has 2 aliphatic rings. The number of amides is 1. The number of methoxy groups -OCH3 is 5. The third kappa shape index (κ3) is 10.6. The van der Waals surface area contributed by atoms with Gasteiger partial charge in [-0.15, -0.1) is 0 Å². The number of rotatable bonds is 18. The molecule has 1 heterocycles. The standard InChI is InChI=1S/C35H53NO9/c1-10-11-14-24(2)32(25(3)23-31(42-8)33(43-9)26(4)39-5)34(37)36-20-13-12-15-28(36)35(38)45-22-21-44-27-16-18-29(40-6)30(41-7)19-17-27/h16,18-19,23-24,28,32H,3,10-15,17,20-22H2,1-2,4-9H3. The zero-order valence-corrected chi connectivity index (χ0v) is 28.4. The van der Waals surface area contributed by atoms with Crippen molar-refractivity contribution in [3.63, 3.8) is 0 Å². The Morgan fingerprint density at radius 1 is 1.02 bits per heavy atom. The van der Waals surface area contributed by atoms with Crippen LogP contribution in [0.25, 0.3) is 0 Å². The molecule has 0 bridgehead atoms. The van der Waals surface area contributed by atoms with Crippen molar-refractivity contribution in [2.75, 3.05) is 55.3 Å². The van der Waals surface area contributed by atoms with Gasteiger partial charge in [-0.1, -0.05) is 33.3 Å². The number of piperidine rings is 1. The smallest absolute Gasteiger partial charge is 0.328 e. The average molecular weight is 632 g/mol. The molecule has 2 rings (SSSR count). The van der Waals surface area contributed by atoms with Gasteiger partial charge in [-0.2, -0.15) is 0 Å². The summed E-state index contributed by atoms with van der Waals surface area (Å²) in [7, 11) is 7.78. The Kier molecular flexibility index (Phi) is 16.2. The van der Waals surface area contributed by atoms with Crippen molar-refractivity contribution in [3.8, 4) is 0 Å². The number of ether oxygens (including phenoxy) is 7. The Morgan fingerprint density at radius 3 is 2.38 bits per heavy atom. The molecule has 0 aromatic heterocycles. The predicted octanol–water partition coefficient (Wildman–Crippen LogP) is 6.33. The van der Waals surface area contributed by atoms with Gasteiger partial charge >= 0.3 is 5.97 Å². The molecule has 1 aliphatic carbocycles. The van der Waals surface area contributed by atoms with Crippen LogP contribution in [-0.4, -0.2) is 78.1 Å². The molecule has 0 aromatic carbocycles. The third-order valence-corrected chi connectivity index (χ3v) is 8.10. The molecule has 3 unspecified atom stereocenters. The fourth-order valence-electron chi connectivity index (χ4n) is 5.55. The van der Waals surface area contributed by atoms with Gasteiger partial charge in [-0.3, -0.25) is 4.79 Å². The number of esters is 1. The number of hydrogen-bond acceptors (Lipinski definition) is 9. The zero-order valence-electron chi connectivity index (χ0n) is 28.4. The minimum absolute atomic E-state index is 0.0157. The van der Waals surface area contributed by atoms with E-state index in [0.29, 0.717) is 59.5 Å². The highest BCUT2D eigenvalue weighted by molar-refractivity contribution is 5.88. The van der Waals surface area contributed by atoms with Gasteiger partial charge in [-0.25, -0.2) is 4.79 Å². The Bertz CT molecular complexity index is 1160. The second kappa shape index (κ2) is 19.5. The van der Waals surface area contributed by atoms with Gasteiger partial charge in [0.15, 0.2) is 23.0 Å². The summed E-state index contributed by atoms with van der Waals surface area (Å²) in [6.45, 7) is 11.0. The highest BCUT2D eigenvalue weighted by Crippen LogP contribution is 2.32. The van der Waals surface area contributed by atoms with E-state index >= 15 is 0 Å². The predicted molar refractivity (Wildman–Crippen MR) is 172 cm³/mol. The maximum Gasteiger partial charge on any atom is 0.328 e. The summed E-state index contributed by atoms with van der Waals surface area (Å²) in [6, 6.07) is -0.674. The number of likely N-dealkylation sites (tertiary alicyclic amines) is 1. The van der Waals surface area contributed by atoms with Crippen LogP contribution < -0.4 is 0 Å². The van der Waals surface area contributed by atoms with Crippen LogP contribution in [0.3, 0.4) is 0 Å². The lowest BCUT2D eigenvalue weighted by Crippen LogP contribution is -2.51. The number of allylic oxidation sites excluding steroid dienone is 5. The molecule has 252 valence electrons. The van der Waals surface area contributed by atoms with E-state index in [2.05, 4.69) is 20.4 Å².